The minimum absolute atomic E-state index is 0.190. The van der Waals surface area contributed by atoms with E-state index in [0.29, 0.717) is 19.4 Å². The summed E-state index contributed by atoms with van der Waals surface area (Å²) in [6.07, 6.45) is 4.27. The van der Waals surface area contributed by atoms with Gasteiger partial charge < -0.3 is 14.2 Å². The molecule has 1 aliphatic rings. The lowest BCUT2D eigenvalue weighted by atomic mass is 9.90. The first kappa shape index (κ1) is 13.2. The Morgan fingerprint density at radius 3 is 3.10 bits per heavy atom. The minimum Gasteiger partial charge on any atom is -0.466 e. The van der Waals surface area contributed by atoms with Crippen molar-refractivity contribution in [3.05, 3.63) is 41.2 Å². The van der Waals surface area contributed by atoms with Crippen LogP contribution in [0.3, 0.4) is 0 Å². The monoisotopic (exact) mass is 273 g/mol. The van der Waals surface area contributed by atoms with Crippen molar-refractivity contribution >= 4 is 11.5 Å². The third-order valence-electron chi connectivity index (χ3n) is 3.96. The summed E-state index contributed by atoms with van der Waals surface area (Å²) in [5.74, 6) is -0.190. The van der Waals surface area contributed by atoms with Crippen molar-refractivity contribution in [2.24, 2.45) is 0 Å². The molecule has 1 atom stereocenters. The smallest absolute Gasteiger partial charge is 0.311 e. The molecular weight excluding hydrogens is 254 g/mol. The van der Waals surface area contributed by atoms with Crippen LogP contribution in [0.15, 0.2) is 24.4 Å². The number of rotatable bonds is 3. The van der Waals surface area contributed by atoms with Gasteiger partial charge in [-0.1, -0.05) is 6.07 Å². The Morgan fingerprint density at radius 1 is 1.45 bits per heavy atom. The number of hydrogen-bond acceptors (Lipinski definition) is 3. The van der Waals surface area contributed by atoms with Gasteiger partial charge in [0.2, 0.25) is 0 Å². The molecule has 0 saturated heterocycles. The summed E-state index contributed by atoms with van der Waals surface area (Å²) in [4.78, 5) is 11.8. The third-order valence-corrected chi connectivity index (χ3v) is 3.96. The molecule has 106 valence electrons. The van der Waals surface area contributed by atoms with Crippen molar-refractivity contribution in [2.75, 3.05) is 6.61 Å². The molecule has 0 amide bonds. The molecule has 1 unspecified atom stereocenters. The fraction of sp³-hybridized carbons (Fsp3) is 0.438. The highest BCUT2D eigenvalue weighted by molar-refractivity contribution is 5.75. The number of esters is 1. The molecule has 0 aromatic carbocycles. The largest absolute Gasteiger partial charge is 0.466 e. The average Bonchev–Trinajstić information content (AvgIpc) is 2.74. The summed E-state index contributed by atoms with van der Waals surface area (Å²) in [7, 11) is 0. The van der Waals surface area contributed by atoms with Crippen LogP contribution in [0.1, 0.15) is 30.2 Å². The highest BCUT2D eigenvalue weighted by Crippen LogP contribution is 2.31. The molecule has 0 spiro atoms. The van der Waals surface area contributed by atoms with Crippen LogP contribution in [0, 0.1) is 0 Å². The van der Waals surface area contributed by atoms with E-state index in [9.17, 15) is 9.90 Å². The zero-order chi connectivity index (χ0) is 14.1. The Labute approximate surface area is 118 Å². The van der Waals surface area contributed by atoms with Crippen LogP contribution in [0.2, 0.25) is 0 Å². The number of carbonyl (C=O) groups excluding carboxylic acids is 1. The fourth-order valence-electron chi connectivity index (χ4n) is 3.11. The predicted molar refractivity (Wildman–Crippen MR) is 75.8 cm³/mol. The fourth-order valence-corrected chi connectivity index (χ4v) is 3.11. The molecule has 0 aliphatic heterocycles. The van der Waals surface area contributed by atoms with Crippen LogP contribution < -0.4 is 0 Å². The third kappa shape index (κ3) is 2.20. The zero-order valence-corrected chi connectivity index (χ0v) is 11.6. The van der Waals surface area contributed by atoms with Gasteiger partial charge in [0.05, 0.1) is 19.1 Å². The molecule has 2 aromatic heterocycles. The molecule has 0 fully saturated rings. The maximum atomic E-state index is 11.8. The van der Waals surface area contributed by atoms with Gasteiger partial charge in [-0.05, 0) is 43.0 Å². The topological polar surface area (TPSA) is 50.9 Å². The maximum Gasteiger partial charge on any atom is 0.311 e. The van der Waals surface area contributed by atoms with Gasteiger partial charge in [0.15, 0.2) is 0 Å². The maximum absolute atomic E-state index is 11.8. The first-order valence-electron chi connectivity index (χ1n) is 7.14. The van der Waals surface area contributed by atoms with Crippen LogP contribution in [-0.2, 0) is 28.8 Å². The Hall–Kier alpha value is -1.81. The van der Waals surface area contributed by atoms with E-state index in [1.54, 1.807) is 0 Å². The number of aromatic nitrogens is 1. The first-order valence-corrected chi connectivity index (χ1v) is 7.14. The summed E-state index contributed by atoms with van der Waals surface area (Å²) in [5.41, 5.74) is 4.51. The molecule has 1 N–H and O–H groups in total. The highest BCUT2D eigenvalue weighted by atomic mass is 16.5. The SMILES string of the molecule is CCOC(=O)Cc1c2c(c3ccccn13)CC(O)CC2. The number of nitrogens with zero attached hydrogens (tertiary/aromatic N) is 1. The molecule has 2 aromatic rings. The Morgan fingerprint density at radius 2 is 2.30 bits per heavy atom. The molecule has 0 bridgehead atoms. The molecular formula is C16H19NO3. The Balaban J connectivity index is 2.09. The summed E-state index contributed by atoms with van der Waals surface area (Å²) >= 11 is 0. The van der Waals surface area contributed by atoms with Gasteiger partial charge in [0.25, 0.3) is 0 Å². The van der Waals surface area contributed by atoms with Crippen LogP contribution >= 0.6 is 0 Å². The lowest BCUT2D eigenvalue weighted by Crippen LogP contribution is -2.19. The van der Waals surface area contributed by atoms with Gasteiger partial charge in [0.1, 0.15) is 0 Å². The second kappa shape index (κ2) is 5.29. The molecule has 4 heteroatoms. The zero-order valence-electron chi connectivity index (χ0n) is 11.6. The van der Waals surface area contributed by atoms with E-state index < -0.39 is 0 Å². The van der Waals surface area contributed by atoms with E-state index in [-0.39, 0.29) is 12.1 Å². The van der Waals surface area contributed by atoms with Crippen molar-refractivity contribution in [3.63, 3.8) is 0 Å². The van der Waals surface area contributed by atoms with Crippen LogP contribution in [0.5, 0.6) is 0 Å². The van der Waals surface area contributed by atoms with E-state index in [0.717, 1.165) is 24.1 Å². The van der Waals surface area contributed by atoms with E-state index in [1.165, 1.54) is 11.1 Å². The molecule has 20 heavy (non-hydrogen) atoms. The van der Waals surface area contributed by atoms with Crippen molar-refractivity contribution in [1.29, 1.82) is 0 Å². The quantitative estimate of drug-likeness (QED) is 0.869. The average molecular weight is 273 g/mol. The second-order valence-corrected chi connectivity index (χ2v) is 5.24. The minimum atomic E-state index is -0.274. The Bertz CT molecular complexity index is 644. The molecule has 1 aliphatic carbocycles. The Kier molecular flexibility index (Phi) is 3.49. The van der Waals surface area contributed by atoms with Crippen molar-refractivity contribution in [2.45, 2.75) is 38.7 Å². The molecule has 0 saturated carbocycles. The normalized spacial score (nSPS) is 18.0. The number of carbonyl (C=O) groups is 1. The first-order chi connectivity index (χ1) is 9.70. The number of pyridine rings is 1. The van der Waals surface area contributed by atoms with E-state index in [1.807, 2.05) is 31.3 Å². The molecule has 0 radical (unpaired) electrons. The molecule has 3 rings (SSSR count). The number of aliphatic hydroxyl groups excluding tert-OH is 1. The van der Waals surface area contributed by atoms with Crippen LogP contribution in [0.4, 0.5) is 0 Å². The van der Waals surface area contributed by atoms with Gasteiger partial charge in [-0.25, -0.2) is 0 Å². The van der Waals surface area contributed by atoms with Crippen LogP contribution in [-0.4, -0.2) is 28.2 Å². The standard InChI is InChI=1S/C16H19NO3/c1-2-20-16(19)10-15-12-7-6-11(18)9-13(12)14-5-3-4-8-17(14)15/h3-5,8,11,18H,2,6-7,9-10H2,1H3. The van der Waals surface area contributed by atoms with E-state index >= 15 is 0 Å². The van der Waals surface area contributed by atoms with Gasteiger partial charge in [-0.15, -0.1) is 0 Å². The molecule has 2 heterocycles. The van der Waals surface area contributed by atoms with Gasteiger partial charge >= 0.3 is 5.97 Å². The summed E-state index contributed by atoms with van der Waals surface area (Å²) in [6, 6.07) is 6.00. The van der Waals surface area contributed by atoms with E-state index in [4.69, 9.17) is 4.74 Å². The van der Waals surface area contributed by atoms with Crippen molar-refractivity contribution < 1.29 is 14.6 Å². The number of aliphatic hydroxyl groups is 1. The number of hydrogen-bond donors (Lipinski definition) is 1. The number of ether oxygens (including phenoxy) is 1. The highest BCUT2D eigenvalue weighted by Gasteiger charge is 2.25. The van der Waals surface area contributed by atoms with Crippen LogP contribution in [0.25, 0.3) is 5.52 Å². The van der Waals surface area contributed by atoms with Gasteiger partial charge in [-0.2, -0.15) is 0 Å². The number of fused-ring (bicyclic) bond motifs is 3. The lowest BCUT2D eigenvalue weighted by molar-refractivity contribution is -0.142. The molecule has 4 nitrogen and oxygen atoms in total. The summed E-state index contributed by atoms with van der Waals surface area (Å²) in [6.45, 7) is 2.23. The van der Waals surface area contributed by atoms with Crippen molar-refractivity contribution in [1.82, 2.24) is 4.40 Å². The van der Waals surface area contributed by atoms with Gasteiger partial charge in [0, 0.05) is 23.8 Å². The summed E-state index contributed by atoms with van der Waals surface area (Å²) in [5, 5.41) is 9.89. The van der Waals surface area contributed by atoms with Gasteiger partial charge in [-0.3, -0.25) is 4.79 Å². The predicted octanol–water partition coefficient (Wildman–Crippen LogP) is 1.89. The van der Waals surface area contributed by atoms with Crippen molar-refractivity contribution in [3.8, 4) is 0 Å². The second-order valence-electron chi connectivity index (χ2n) is 5.24. The van der Waals surface area contributed by atoms with E-state index in [2.05, 4.69) is 4.40 Å². The lowest BCUT2D eigenvalue weighted by Gasteiger charge is -2.18. The summed E-state index contributed by atoms with van der Waals surface area (Å²) < 4.78 is 7.14.